The molecule has 0 radical (unpaired) electrons. The van der Waals surface area contributed by atoms with Crippen molar-refractivity contribution in [3.05, 3.63) is 35.4 Å². The van der Waals surface area contributed by atoms with Gasteiger partial charge in [0.2, 0.25) is 0 Å². The molecule has 2 aliphatic carbocycles. The molecular weight excluding hydrogens is 447 g/mol. The number of hydrogen-bond acceptors (Lipinski definition) is 2. The number of nitrogens with zero attached hydrogens (tertiary/aromatic N) is 2. The SMILES string of the molecule is CN=C(NC1CCN(C2CC2)CC1)NC1CC1c1ccc(C(C)C)cc1.I. The molecule has 3 aliphatic rings. The number of rotatable bonds is 5. The first-order valence-electron chi connectivity index (χ1n) is 10.5. The van der Waals surface area contributed by atoms with Crippen LogP contribution in [0.1, 0.15) is 68.9 Å². The van der Waals surface area contributed by atoms with Gasteiger partial charge in [-0.25, -0.2) is 0 Å². The van der Waals surface area contributed by atoms with Crippen LogP contribution in [0.15, 0.2) is 29.3 Å². The highest BCUT2D eigenvalue weighted by atomic mass is 127. The predicted molar refractivity (Wildman–Crippen MR) is 124 cm³/mol. The second-order valence-electron chi connectivity index (χ2n) is 8.67. The summed E-state index contributed by atoms with van der Waals surface area (Å²) < 4.78 is 0. The largest absolute Gasteiger partial charge is 0.354 e. The normalized spacial score (nSPS) is 26.6. The molecule has 3 fully saturated rings. The molecule has 2 atom stereocenters. The molecule has 2 N–H and O–H groups in total. The minimum Gasteiger partial charge on any atom is -0.354 e. The highest BCUT2D eigenvalue weighted by Crippen LogP contribution is 2.41. The zero-order valence-corrected chi connectivity index (χ0v) is 19.3. The average molecular weight is 482 g/mol. The average Bonchev–Trinajstić information content (AvgIpc) is 3.56. The van der Waals surface area contributed by atoms with Crippen LogP contribution >= 0.6 is 24.0 Å². The highest BCUT2D eigenvalue weighted by Gasteiger charge is 2.39. The fourth-order valence-electron chi connectivity index (χ4n) is 4.24. The molecule has 1 heterocycles. The van der Waals surface area contributed by atoms with Crippen molar-refractivity contribution in [2.24, 2.45) is 4.99 Å². The highest BCUT2D eigenvalue weighted by molar-refractivity contribution is 14.0. The first kappa shape index (κ1) is 20.9. The first-order chi connectivity index (χ1) is 12.6. The van der Waals surface area contributed by atoms with Gasteiger partial charge in [0, 0.05) is 44.2 Å². The molecule has 27 heavy (non-hydrogen) atoms. The van der Waals surface area contributed by atoms with Crippen LogP contribution in [0.5, 0.6) is 0 Å². The van der Waals surface area contributed by atoms with Crippen molar-refractivity contribution in [3.63, 3.8) is 0 Å². The van der Waals surface area contributed by atoms with Crippen molar-refractivity contribution in [1.82, 2.24) is 15.5 Å². The van der Waals surface area contributed by atoms with Gasteiger partial charge in [-0.1, -0.05) is 38.1 Å². The van der Waals surface area contributed by atoms with E-state index in [1.54, 1.807) is 0 Å². The van der Waals surface area contributed by atoms with E-state index < -0.39 is 0 Å². The van der Waals surface area contributed by atoms with E-state index in [1.165, 1.54) is 56.3 Å². The van der Waals surface area contributed by atoms with Crippen LogP contribution in [0.3, 0.4) is 0 Å². The molecule has 1 aromatic rings. The Bertz CT molecular complexity index is 630. The monoisotopic (exact) mass is 482 g/mol. The summed E-state index contributed by atoms with van der Waals surface area (Å²) in [6.07, 6.45) is 6.52. The summed E-state index contributed by atoms with van der Waals surface area (Å²) in [7, 11) is 1.89. The van der Waals surface area contributed by atoms with Gasteiger partial charge in [-0.3, -0.25) is 4.99 Å². The summed E-state index contributed by atoms with van der Waals surface area (Å²) in [5.74, 6) is 2.22. The number of guanidine groups is 1. The Kier molecular flexibility index (Phi) is 7.06. The van der Waals surface area contributed by atoms with Gasteiger partial charge in [-0.05, 0) is 49.1 Å². The molecule has 2 unspecified atom stereocenters. The van der Waals surface area contributed by atoms with E-state index in [1.807, 2.05) is 7.05 Å². The van der Waals surface area contributed by atoms with Gasteiger partial charge in [0.25, 0.3) is 0 Å². The van der Waals surface area contributed by atoms with Crippen molar-refractivity contribution in [1.29, 1.82) is 0 Å². The molecule has 0 amide bonds. The molecule has 2 saturated carbocycles. The molecule has 150 valence electrons. The number of likely N-dealkylation sites (tertiary alicyclic amines) is 1. The Morgan fingerprint density at radius 2 is 1.70 bits per heavy atom. The van der Waals surface area contributed by atoms with E-state index in [4.69, 9.17) is 0 Å². The lowest BCUT2D eigenvalue weighted by Crippen LogP contribution is -2.49. The number of nitrogens with one attached hydrogen (secondary N) is 2. The van der Waals surface area contributed by atoms with Crippen LogP contribution in [0.25, 0.3) is 0 Å². The second-order valence-corrected chi connectivity index (χ2v) is 8.67. The summed E-state index contributed by atoms with van der Waals surface area (Å²) in [4.78, 5) is 7.15. The van der Waals surface area contributed by atoms with Crippen LogP contribution in [0, 0.1) is 0 Å². The minimum absolute atomic E-state index is 0. The molecule has 1 saturated heterocycles. The van der Waals surface area contributed by atoms with Crippen molar-refractivity contribution in [2.75, 3.05) is 20.1 Å². The van der Waals surface area contributed by atoms with Gasteiger partial charge in [0.05, 0.1) is 0 Å². The third kappa shape index (κ3) is 5.37. The maximum atomic E-state index is 4.48. The number of halogens is 1. The van der Waals surface area contributed by atoms with Crippen molar-refractivity contribution >= 4 is 29.9 Å². The van der Waals surface area contributed by atoms with Crippen molar-refractivity contribution in [3.8, 4) is 0 Å². The van der Waals surface area contributed by atoms with Gasteiger partial charge in [-0.2, -0.15) is 0 Å². The van der Waals surface area contributed by atoms with Gasteiger partial charge < -0.3 is 15.5 Å². The van der Waals surface area contributed by atoms with E-state index in [0.717, 1.165) is 12.0 Å². The van der Waals surface area contributed by atoms with Crippen LogP contribution in [0.4, 0.5) is 0 Å². The molecule has 5 heteroatoms. The standard InChI is InChI=1S/C22H34N4.HI/c1-15(2)16-4-6-17(7-5-16)20-14-21(20)25-22(23-3)24-18-10-12-26(13-11-18)19-8-9-19;/h4-7,15,18-21H,8-14H2,1-3H3,(H2,23,24,25);1H. The maximum absolute atomic E-state index is 4.48. The lowest BCUT2D eigenvalue weighted by Gasteiger charge is -2.33. The van der Waals surface area contributed by atoms with Crippen LogP contribution < -0.4 is 10.6 Å². The molecule has 1 aromatic carbocycles. The molecule has 1 aliphatic heterocycles. The van der Waals surface area contributed by atoms with E-state index in [0.29, 0.717) is 23.9 Å². The summed E-state index contributed by atoms with van der Waals surface area (Å²) in [5, 5.41) is 7.31. The van der Waals surface area contributed by atoms with Crippen molar-refractivity contribution in [2.45, 2.75) is 75.9 Å². The third-order valence-electron chi connectivity index (χ3n) is 6.30. The lowest BCUT2D eigenvalue weighted by atomic mass is 10.0. The summed E-state index contributed by atoms with van der Waals surface area (Å²) >= 11 is 0. The zero-order valence-electron chi connectivity index (χ0n) is 16.9. The maximum Gasteiger partial charge on any atom is 0.191 e. The molecular formula is C22H35IN4. The predicted octanol–water partition coefficient (Wildman–Crippen LogP) is 4.08. The van der Waals surface area contributed by atoms with Crippen LogP contribution in [-0.4, -0.2) is 49.1 Å². The third-order valence-corrected chi connectivity index (χ3v) is 6.30. The number of benzene rings is 1. The topological polar surface area (TPSA) is 39.7 Å². The Morgan fingerprint density at radius 1 is 1.04 bits per heavy atom. The summed E-state index contributed by atoms with van der Waals surface area (Å²) in [6, 6.07) is 11.2. The van der Waals surface area contributed by atoms with Gasteiger partial charge in [-0.15, -0.1) is 24.0 Å². The van der Waals surface area contributed by atoms with E-state index in [9.17, 15) is 0 Å². The summed E-state index contributed by atoms with van der Waals surface area (Å²) in [6.45, 7) is 6.99. The van der Waals surface area contributed by atoms with E-state index in [2.05, 4.69) is 58.6 Å². The molecule has 0 aromatic heterocycles. The number of piperidine rings is 1. The van der Waals surface area contributed by atoms with Crippen LogP contribution in [-0.2, 0) is 0 Å². The quantitative estimate of drug-likeness (QED) is 0.378. The van der Waals surface area contributed by atoms with Gasteiger partial charge in [0.15, 0.2) is 5.96 Å². The number of hydrogen-bond donors (Lipinski definition) is 2. The number of aliphatic imine (C=N–C) groups is 1. The lowest BCUT2D eigenvalue weighted by molar-refractivity contribution is 0.197. The van der Waals surface area contributed by atoms with Crippen LogP contribution in [0.2, 0.25) is 0 Å². The zero-order chi connectivity index (χ0) is 18.1. The minimum atomic E-state index is 0. The molecule has 0 bridgehead atoms. The van der Waals surface area contributed by atoms with Gasteiger partial charge in [0.1, 0.15) is 0 Å². The van der Waals surface area contributed by atoms with E-state index >= 15 is 0 Å². The molecule has 4 rings (SSSR count). The Balaban J connectivity index is 0.00000210. The first-order valence-corrected chi connectivity index (χ1v) is 10.5. The fraction of sp³-hybridized carbons (Fsp3) is 0.682. The molecule has 4 nitrogen and oxygen atoms in total. The Labute approximate surface area is 181 Å². The molecule has 0 spiro atoms. The van der Waals surface area contributed by atoms with E-state index in [-0.39, 0.29) is 24.0 Å². The van der Waals surface area contributed by atoms with Gasteiger partial charge >= 0.3 is 0 Å². The fourth-order valence-corrected chi connectivity index (χ4v) is 4.24. The smallest absolute Gasteiger partial charge is 0.191 e. The van der Waals surface area contributed by atoms with Crippen molar-refractivity contribution < 1.29 is 0 Å². The second kappa shape index (κ2) is 9.12. The Hall–Kier alpha value is -0.820. The Morgan fingerprint density at radius 3 is 2.26 bits per heavy atom. The summed E-state index contributed by atoms with van der Waals surface area (Å²) in [5.41, 5.74) is 2.88.